The van der Waals surface area contributed by atoms with Gasteiger partial charge in [-0.2, -0.15) is 13.2 Å². The molecule has 0 atom stereocenters. The van der Waals surface area contributed by atoms with E-state index >= 15 is 0 Å². The van der Waals surface area contributed by atoms with Crippen LogP contribution in [0.3, 0.4) is 0 Å². The standard InChI is InChI=1S/C18H22F3IN2O2/c1-17(2,3)16(26)24-8-6-11(7-9-24)15(25)23-14-10-12(18(19,20)21)4-5-13(14)22/h4-5,10-11H,6-9H2,1-3H3,(H,23,25). The highest BCUT2D eigenvalue weighted by Crippen LogP contribution is 2.33. The van der Waals surface area contributed by atoms with E-state index in [1.807, 2.05) is 43.4 Å². The minimum absolute atomic E-state index is 0.0452. The van der Waals surface area contributed by atoms with E-state index in [-0.39, 0.29) is 23.4 Å². The number of hydrogen-bond acceptors (Lipinski definition) is 2. The van der Waals surface area contributed by atoms with Crippen LogP contribution >= 0.6 is 22.6 Å². The average molecular weight is 482 g/mol. The maximum absolute atomic E-state index is 12.9. The lowest BCUT2D eigenvalue weighted by Gasteiger charge is -2.35. The Balaban J connectivity index is 2.01. The van der Waals surface area contributed by atoms with Gasteiger partial charge in [0.2, 0.25) is 11.8 Å². The summed E-state index contributed by atoms with van der Waals surface area (Å²) in [4.78, 5) is 26.5. The summed E-state index contributed by atoms with van der Waals surface area (Å²) >= 11 is 1.90. The van der Waals surface area contributed by atoms with Crippen LogP contribution in [0, 0.1) is 14.9 Å². The molecule has 144 valence electrons. The van der Waals surface area contributed by atoms with Crippen molar-refractivity contribution in [3.8, 4) is 0 Å². The Hall–Kier alpha value is -1.32. The molecule has 0 unspecified atom stereocenters. The van der Waals surface area contributed by atoms with Crippen molar-refractivity contribution in [1.82, 2.24) is 4.90 Å². The van der Waals surface area contributed by atoms with Gasteiger partial charge in [0.15, 0.2) is 0 Å². The molecular formula is C18H22F3IN2O2. The largest absolute Gasteiger partial charge is 0.416 e. The molecule has 8 heteroatoms. The second-order valence-corrected chi connectivity index (χ2v) is 8.66. The van der Waals surface area contributed by atoms with Gasteiger partial charge in [-0.1, -0.05) is 20.8 Å². The first kappa shape index (κ1) is 21.0. The van der Waals surface area contributed by atoms with Gasteiger partial charge in [-0.05, 0) is 53.6 Å². The van der Waals surface area contributed by atoms with Crippen LogP contribution in [0.4, 0.5) is 18.9 Å². The lowest BCUT2D eigenvalue weighted by atomic mass is 9.90. The number of rotatable bonds is 2. The lowest BCUT2D eigenvalue weighted by molar-refractivity contribution is -0.142. The number of amides is 2. The number of carbonyl (C=O) groups excluding carboxylic acids is 2. The van der Waals surface area contributed by atoms with Gasteiger partial charge < -0.3 is 10.2 Å². The molecule has 4 nitrogen and oxygen atoms in total. The van der Waals surface area contributed by atoms with E-state index < -0.39 is 17.2 Å². The van der Waals surface area contributed by atoms with Crippen molar-refractivity contribution in [2.75, 3.05) is 18.4 Å². The van der Waals surface area contributed by atoms with Crippen LogP contribution in [0.2, 0.25) is 0 Å². The first-order valence-electron chi connectivity index (χ1n) is 8.36. The molecule has 0 aromatic heterocycles. The summed E-state index contributed by atoms with van der Waals surface area (Å²) in [5.74, 6) is -0.571. The Morgan fingerprint density at radius 2 is 1.73 bits per heavy atom. The molecule has 0 spiro atoms. The molecule has 0 bridgehead atoms. The molecule has 1 aliphatic heterocycles. The van der Waals surface area contributed by atoms with E-state index in [2.05, 4.69) is 5.32 Å². The van der Waals surface area contributed by atoms with Gasteiger partial charge in [0.25, 0.3) is 0 Å². The highest BCUT2D eigenvalue weighted by Gasteiger charge is 2.33. The van der Waals surface area contributed by atoms with Crippen LogP contribution in [-0.4, -0.2) is 29.8 Å². The van der Waals surface area contributed by atoms with Crippen molar-refractivity contribution < 1.29 is 22.8 Å². The third-order valence-electron chi connectivity index (χ3n) is 4.35. The summed E-state index contributed by atoms with van der Waals surface area (Å²) in [6, 6.07) is 3.29. The van der Waals surface area contributed by atoms with Gasteiger partial charge in [0, 0.05) is 28.0 Å². The summed E-state index contributed by atoms with van der Waals surface area (Å²) in [5.41, 5.74) is -1.10. The number of anilines is 1. The van der Waals surface area contributed by atoms with E-state index in [1.54, 1.807) is 4.90 Å². The van der Waals surface area contributed by atoms with Crippen molar-refractivity contribution in [1.29, 1.82) is 0 Å². The zero-order chi connectivity index (χ0) is 19.7. The molecule has 1 aromatic carbocycles. The van der Waals surface area contributed by atoms with E-state index in [0.29, 0.717) is 29.5 Å². The number of nitrogens with one attached hydrogen (secondary N) is 1. The predicted octanol–water partition coefficient (Wildman–Crippen LogP) is 4.53. The smallest absolute Gasteiger partial charge is 0.342 e. The fraction of sp³-hybridized carbons (Fsp3) is 0.556. The maximum atomic E-state index is 12.9. The summed E-state index contributed by atoms with van der Waals surface area (Å²) in [6.07, 6.45) is -3.45. The first-order chi connectivity index (χ1) is 11.9. The quantitative estimate of drug-likeness (QED) is 0.630. The van der Waals surface area contributed by atoms with Crippen molar-refractivity contribution in [2.24, 2.45) is 11.3 Å². The first-order valence-corrected chi connectivity index (χ1v) is 9.44. The molecule has 0 aliphatic carbocycles. The third kappa shape index (κ3) is 5.11. The van der Waals surface area contributed by atoms with Crippen molar-refractivity contribution >= 4 is 40.1 Å². The summed E-state index contributed by atoms with van der Waals surface area (Å²) < 4.78 is 39.1. The zero-order valence-electron chi connectivity index (χ0n) is 14.9. The fourth-order valence-corrected chi connectivity index (χ4v) is 3.32. The van der Waals surface area contributed by atoms with Crippen LogP contribution in [-0.2, 0) is 15.8 Å². The number of carbonyl (C=O) groups is 2. The molecule has 0 radical (unpaired) electrons. The summed E-state index contributed by atoms with van der Waals surface area (Å²) in [6.45, 7) is 6.51. The Bertz CT molecular complexity index is 691. The number of likely N-dealkylation sites (tertiary alicyclic amines) is 1. The predicted molar refractivity (Wildman–Crippen MR) is 102 cm³/mol. The molecule has 1 N–H and O–H groups in total. The van der Waals surface area contributed by atoms with Crippen LogP contribution in [0.5, 0.6) is 0 Å². The normalized spacial score (nSPS) is 16.5. The number of halogens is 4. The second kappa shape index (κ2) is 7.74. The lowest BCUT2D eigenvalue weighted by Crippen LogP contribution is -2.45. The summed E-state index contributed by atoms with van der Waals surface area (Å²) in [5, 5.41) is 2.62. The Labute approximate surface area is 164 Å². The molecule has 1 saturated heterocycles. The van der Waals surface area contributed by atoms with Gasteiger partial charge in [-0.15, -0.1) is 0 Å². The minimum atomic E-state index is -4.46. The van der Waals surface area contributed by atoms with Crippen LogP contribution in [0.15, 0.2) is 18.2 Å². The summed E-state index contributed by atoms with van der Waals surface area (Å²) in [7, 11) is 0. The molecule has 2 rings (SSSR count). The molecule has 26 heavy (non-hydrogen) atoms. The fourth-order valence-electron chi connectivity index (χ4n) is 2.85. The molecule has 1 aliphatic rings. The molecule has 1 aromatic rings. The molecule has 0 saturated carbocycles. The monoisotopic (exact) mass is 482 g/mol. The molecule has 2 amide bonds. The maximum Gasteiger partial charge on any atom is 0.416 e. The molecular weight excluding hydrogens is 460 g/mol. The van der Waals surface area contributed by atoms with Gasteiger partial charge in [-0.25, -0.2) is 0 Å². The van der Waals surface area contributed by atoms with Gasteiger partial charge in [0.1, 0.15) is 0 Å². The number of piperidine rings is 1. The van der Waals surface area contributed by atoms with Gasteiger partial charge >= 0.3 is 6.18 Å². The zero-order valence-corrected chi connectivity index (χ0v) is 17.1. The van der Waals surface area contributed by atoms with E-state index in [0.717, 1.165) is 12.1 Å². The number of benzene rings is 1. The van der Waals surface area contributed by atoms with E-state index in [9.17, 15) is 22.8 Å². The SMILES string of the molecule is CC(C)(C)C(=O)N1CCC(C(=O)Nc2cc(C(F)(F)F)ccc2I)CC1. The van der Waals surface area contributed by atoms with Gasteiger partial charge in [-0.3, -0.25) is 9.59 Å². The minimum Gasteiger partial charge on any atom is -0.342 e. The topological polar surface area (TPSA) is 49.4 Å². The van der Waals surface area contributed by atoms with Crippen LogP contribution in [0.1, 0.15) is 39.2 Å². The third-order valence-corrected chi connectivity index (χ3v) is 5.29. The van der Waals surface area contributed by atoms with Gasteiger partial charge in [0.05, 0.1) is 11.3 Å². The number of hydrogen-bond donors (Lipinski definition) is 1. The van der Waals surface area contributed by atoms with Crippen molar-refractivity contribution in [3.05, 3.63) is 27.3 Å². The Kier molecular flexibility index (Phi) is 6.24. The van der Waals surface area contributed by atoms with E-state index in [1.165, 1.54) is 6.07 Å². The van der Waals surface area contributed by atoms with Crippen LogP contribution in [0.25, 0.3) is 0 Å². The van der Waals surface area contributed by atoms with Crippen molar-refractivity contribution in [3.63, 3.8) is 0 Å². The molecule has 1 heterocycles. The Morgan fingerprint density at radius 3 is 2.23 bits per heavy atom. The van der Waals surface area contributed by atoms with E-state index in [4.69, 9.17) is 0 Å². The number of alkyl halides is 3. The Morgan fingerprint density at radius 1 is 1.15 bits per heavy atom. The molecule has 1 fully saturated rings. The van der Waals surface area contributed by atoms with Crippen molar-refractivity contribution in [2.45, 2.75) is 39.8 Å². The second-order valence-electron chi connectivity index (χ2n) is 7.50. The highest BCUT2D eigenvalue weighted by molar-refractivity contribution is 14.1. The number of nitrogens with zero attached hydrogens (tertiary/aromatic N) is 1. The van der Waals surface area contributed by atoms with Crippen LogP contribution < -0.4 is 5.32 Å². The average Bonchev–Trinajstić information content (AvgIpc) is 2.54. The highest BCUT2D eigenvalue weighted by atomic mass is 127.